The fraction of sp³-hybridized carbons (Fsp3) is 0.375. The Bertz CT molecular complexity index is 695. The molecule has 1 aromatic carbocycles. The lowest BCUT2D eigenvalue weighted by Gasteiger charge is -2.22. The first-order valence-corrected chi connectivity index (χ1v) is 8.36. The summed E-state index contributed by atoms with van der Waals surface area (Å²) in [6.45, 7) is 2.25. The largest absolute Gasteiger partial charge is 0.317 e. The van der Waals surface area contributed by atoms with Gasteiger partial charge < -0.3 is 10.6 Å². The van der Waals surface area contributed by atoms with Gasteiger partial charge in [-0.15, -0.1) is 0 Å². The number of nitrogens with one attached hydrogen (secondary N) is 2. The molecule has 5 nitrogen and oxygen atoms in total. The molecular weight excluding hydrogens is 335 g/mol. The molecule has 0 radical (unpaired) electrons. The first kappa shape index (κ1) is 16.3. The van der Waals surface area contributed by atoms with Crippen molar-refractivity contribution in [1.29, 1.82) is 0 Å². The molecule has 1 amide bonds. The quantitative estimate of drug-likeness (QED) is 0.888. The van der Waals surface area contributed by atoms with E-state index in [2.05, 4.69) is 15.7 Å². The van der Waals surface area contributed by atoms with Gasteiger partial charge in [-0.3, -0.25) is 4.79 Å². The zero-order valence-corrected chi connectivity index (χ0v) is 14.1. The molecule has 1 aromatic heterocycles. The number of nitrogens with zero attached hydrogens (tertiary/aromatic N) is 2. The van der Waals surface area contributed by atoms with E-state index in [9.17, 15) is 4.79 Å². The third kappa shape index (κ3) is 4.05. The van der Waals surface area contributed by atoms with Crippen LogP contribution in [-0.2, 0) is 11.3 Å². The van der Waals surface area contributed by atoms with E-state index in [0.29, 0.717) is 22.4 Å². The van der Waals surface area contributed by atoms with Crippen molar-refractivity contribution in [3.63, 3.8) is 0 Å². The Labute approximate surface area is 145 Å². The van der Waals surface area contributed by atoms with Gasteiger partial charge in [-0.25, -0.2) is 4.68 Å². The third-order valence-electron chi connectivity index (χ3n) is 4.01. The molecule has 7 heteroatoms. The topological polar surface area (TPSA) is 59.0 Å². The number of carbonyl (C=O) groups excluding carboxylic acids is 1. The molecule has 2 N–H and O–H groups in total. The third-order valence-corrected chi connectivity index (χ3v) is 4.60. The average Bonchev–Trinajstić information content (AvgIpc) is 2.98. The van der Waals surface area contributed by atoms with E-state index in [1.165, 1.54) is 0 Å². The molecule has 1 aliphatic rings. The molecule has 0 atom stereocenters. The first-order valence-electron chi connectivity index (χ1n) is 7.61. The fourth-order valence-electron chi connectivity index (χ4n) is 2.69. The van der Waals surface area contributed by atoms with Gasteiger partial charge >= 0.3 is 0 Å². The van der Waals surface area contributed by atoms with Crippen molar-refractivity contribution in [2.24, 2.45) is 5.92 Å². The van der Waals surface area contributed by atoms with Crippen LogP contribution in [0.15, 0.2) is 30.5 Å². The number of aromatic nitrogens is 2. The summed E-state index contributed by atoms with van der Waals surface area (Å²) < 4.78 is 1.73. The predicted molar refractivity (Wildman–Crippen MR) is 92.0 cm³/mol. The molecule has 0 saturated carbocycles. The molecule has 1 aliphatic heterocycles. The molecule has 0 bridgehead atoms. The lowest BCUT2D eigenvalue weighted by Crippen LogP contribution is -2.35. The van der Waals surface area contributed by atoms with Crippen molar-refractivity contribution in [2.45, 2.75) is 19.4 Å². The number of benzene rings is 1. The van der Waals surface area contributed by atoms with Crippen LogP contribution >= 0.6 is 23.2 Å². The highest BCUT2D eigenvalue weighted by Crippen LogP contribution is 2.23. The van der Waals surface area contributed by atoms with Crippen LogP contribution in [0.3, 0.4) is 0 Å². The van der Waals surface area contributed by atoms with E-state index >= 15 is 0 Å². The van der Waals surface area contributed by atoms with E-state index in [4.69, 9.17) is 23.2 Å². The van der Waals surface area contributed by atoms with E-state index < -0.39 is 0 Å². The zero-order chi connectivity index (χ0) is 16.2. The van der Waals surface area contributed by atoms with Crippen molar-refractivity contribution < 1.29 is 4.79 Å². The summed E-state index contributed by atoms with van der Waals surface area (Å²) in [4.78, 5) is 12.4. The molecule has 3 rings (SSSR count). The van der Waals surface area contributed by atoms with Crippen molar-refractivity contribution in [2.75, 3.05) is 18.4 Å². The number of anilines is 1. The number of carbonyl (C=O) groups is 1. The van der Waals surface area contributed by atoms with E-state index in [-0.39, 0.29) is 11.8 Å². The Hall–Kier alpha value is -1.56. The highest BCUT2D eigenvalue weighted by atomic mass is 35.5. The summed E-state index contributed by atoms with van der Waals surface area (Å²) in [6.07, 6.45) is 3.40. The monoisotopic (exact) mass is 352 g/mol. The van der Waals surface area contributed by atoms with Crippen LogP contribution in [0.25, 0.3) is 0 Å². The van der Waals surface area contributed by atoms with Gasteiger partial charge in [0, 0.05) is 22.0 Å². The van der Waals surface area contributed by atoms with Crippen molar-refractivity contribution >= 4 is 34.9 Å². The minimum atomic E-state index is 0.0513. The van der Waals surface area contributed by atoms with Gasteiger partial charge in [0.05, 0.1) is 12.7 Å². The van der Waals surface area contributed by atoms with Crippen LogP contribution in [0.1, 0.15) is 18.4 Å². The number of piperidine rings is 1. The second-order valence-electron chi connectivity index (χ2n) is 5.62. The maximum atomic E-state index is 12.4. The maximum Gasteiger partial charge on any atom is 0.228 e. The molecule has 1 saturated heterocycles. The highest BCUT2D eigenvalue weighted by Gasteiger charge is 2.21. The van der Waals surface area contributed by atoms with Crippen molar-refractivity contribution in [1.82, 2.24) is 15.1 Å². The summed E-state index contributed by atoms with van der Waals surface area (Å²) in [5.74, 6) is 0.786. The van der Waals surface area contributed by atoms with Crippen LogP contribution in [0.4, 0.5) is 5.82 Å². The Balaban J connectivity index is 1.70. The molecule has 2 aromatic rings. The SMILES string of the molecule is O=C(Nc1ccnn1Cc1ccc(Cl)cc1Cl)C1CCNCC1. The summed E-state index contributed by atoms with van der Waals surface area (Å²) in [7, 11) is 0. The number of hydrogen-bond acceptors (Lipinski definition) is 3. The second-order valence-corrected chi connectivity index (χ2v) is 6.47. The van der Waals surface area contributed by atoms with E-state index in [0.717, 1.165) is 31.5 Å². The smallest absolute Gasteiger partial charge is 0.228 e. The lowest BCUT2D eigenvalue weighted by atomic mass is 9.97. The van der Waals surface area contributed by atoms with Gasteiger partial charge in [0.25, 0.3) is 0 Å². The summed E-state index contributed by atoms with van der Waals surface area (Å²) in [5.41, 5.74) is 0.900. The van der Waals surface area contributed by atoms with Crippen molar-refractivity contribution in [3.05, 3.63) is 46.1 Å². The minimum Gasteiger partial charge on any atom is -0.317 e. The van der Waals surface area contributed by atoms with Gasteiger partial charge in [-0.05, 0) is 43.6 Å². The Morgan fingerprint density at radius 2 is 2.09 bits per heavy atom. The van der Waals surface area contributed by atoms with Crippen LogP contribution in [0.2, 0.25) is 10.0 Å². The fourth-order valence-corrected chi connectivity index (χ4v) is 3.16. The predicted octanol–water partition coefficient (Wildman–Crippen LogP) is 3.18. The number of halogens is 2. The van der Waals surface area contributed by atoms with Crippen molar-refractivity contribution in [3.8, 4) is 0 Å². The molecule has 23 heavy (non-hydrogen) atoms. The van der Waals surface area contributed by atoms with Crippen LogP contribution in [-0.4, -0.2) is 28.8 Å². The normalized spacial score (nSPS) is 15.6. The standard InChI is InChI=1S/C16H18Cl2N4O/c17-13-2-1-12(14(18)9-13)10-22-15(5-8-20-22)21-16(23)11-3-6-19-7-4-11/h1-2,5,8-9,11,19H,3-4,6-7,10H2,(H,21,23). The number of amides is 1. The van der Waals surface area contributed by atoms with Crippen LogP contribution in [0, 0.1) is 5.92 Å². The molecule has 0 aliphatic carbocycles. The molecule has 1 fully saturated rings. The second kappa shape index (κ2) is 7.34. The lowest BCUT2D eigenvalue weighted by molar-refractivity contribution is -0.120. The molecule has 2 heterocycles. The molecular formula is C16H18Cl2N4O. The Morgan fingerprint density at radius 3 is 2.83 bits per heavy atom. The first-order chi connectivity index (χ1) is 11.1. The number of hydrogen-bond donors (Lipinski definition) is 2. The Morgan fingerprint density at radius 1 is 1.30 bits per heavy atom. The summed E-state index contributed by atoms with van der Waals surface area (Å²) in [5, 5.41) is 11.7. The molecule has 122 valence electrons. The average molecular weight is 353 g/mol. The van der Waals surface area contributed by atoms with Gasteiger partial charge in [0.1, 0.15) is 5.82 Å². The molecule has 0 unspecified atom stereocenters. The van der Waals surface area contributed by atoms with Gasteiger partial charge in [-0.1, -0.05) is 29.3 Å². The van der Waals surface area contributed by atoms with Gasteiger partial charge in [-0.2, -0.15) is 5.10 Å². The zero-order valence-electron chi connectivity index (χ0n) is 12.6. The van der Waals surface area contributed by atoms with Crippen LogP contribution < -0.4 is 10.6 Å². The van der Waals surface area contributed by atoms with E-state index in [1.54, 1.807) is 29.1 Å². The van der Waals surface area contributed by atoms with Gasteiger partial charge in [0.2, 0.25) is 5.91 Å². The van der Waals surface area contributed by atoms with Gasteiger partial charge in [0.15, 0.2) is 0 Å². The van der Waals surface area contributed by atoms with Crippen LogP contribution in [0.5, 0.6) is 0 Å². The van der Waals surface area contributed by atoms with E-state index in [1.807, 2.05) is 6.07 Å². The summed E-state index contributed by atoms with van der Waals surface area (Å²) >= 11 is 12.1. The highest BCUT2D eigenvalue weighted by molar-refractivity contribution is 6.35. The summed E-state index contributed by atoms with van der Waals surface area (Å²) in [6, 6.07) is 7.16. The molecule has 0 spiro atoms. The maximum absolute atomic E-state index is 12.4. The Kier molecular flexibility index (Phi) is 5.20. The minimum absolute atomic E-state index is 0.0513. The number of rotatable bonds is 4.